The van der Waals surface area contributed by atoms with Crippen molar-refractivity contribution in [3.8, 4) is 0 Å². The first kappa shape index (κ1) is 15.4. The van der Waals surface area contributed by atoms with Crippen molar-refractivity contribution >= 4 is 23.1 Å². The maximum absolute atomic E-state index is 3.59. The SMILES string of the molecule is CCC(CSC)N(C)Cc1ccc(CNC2CC2)s1. The number of rotatable bonds is 9. The fourth-order valence-corrected chi connectivity index (χ4v) is 4.17. The predicted molar refractivity (Wildman–Crippen MR) is 88.1 cm³/mol. The topological polar surface area (TPSA) is 15.3 Å². The Balaban J connectivity index is 1.80. The first-order valence-electron chi connectivity index (χ1n) is 7.23. The summed E-state index contributed by atoms with van der Waals surface area (Å²) < 4.78 is 0. The molecule has 2 nitrogen and oxygen atoms in total. The Kier molecular flexibility index (Phi) is 6.20. The van der Waals surface area contributed by atoms with Gasteiger partial charge in [-0.15, -0.1) is 11.3 Å². The molecule has 4 heteroatoms. The van der Waals surface area contributed by atoms with E-state index in [0.29, 0.717) is 6.04 Å². The van der Waals surface area contributed by atoms with Gasteiger partial charge in [-0.2, -0.15) is 11.8 Å². The van der Waals surface area contributed by atoms with Crippen LogP contribution in [0.2, 0.25) is 0 Å². The second-order valence-electron chi connectivity index (χ2n) is 5.46. The van der Waals surface area contributed by atoms with Crippen molar-refractivity contribution in [2.45, 2.75) is 51.4 Å². The average Bonchev–Trinajstić information content (AvgIpc) is 3.14. The highest BCUT2D eigenvalue weighted by molar-refractivity contribution is 7.98. The molecule has 0 spiro atoms. The van der Waals surface area contributed by atoms with Gasteiger partial charge >= 0.3 is 0 Å². The lowest BCUT2D eigenvalue weighted by molar-refractivity contribution is 0.250. The van der Waals surface area contributed by atoms with Crippen LogP contribution in [0.3, 0.4) is 0 Å². The van der Waals surface area contributed by atoms with Crippen molar-refractivity contribution in [2.75, 3.05) is 19.1 Å². The van der Waals surface area contributed by atoms with Gasteiger partial charge in [-0.25, -0.2) is 0 Å². The van der Waals surface area contributed by atoms with Crippen LogP contribution in [0.5, 0.6) is 0 Å². The first-order valence-corrected chi connectivity index (χ1v) is 9.44. The zero-order chi connectivity index (χ0) is 13.7. The van der Waals surface area contributed by atoms with Crippen LogP contribution in [-0.2, 0) is 13.1 Å². The van der Waals surface area contributed by atoms with E-state index in [1.165, 1.54) is 34.8 Å². The highest BCUT2D eigenvalue weighted by Crippen LogP contribution is 2.23. The smallest absolute Gasteiger partial charge is 0.0328 e. The largest absolute Gasteiger partial charge is 0.309 e. The molecule has 1 aliphatic carbocycles. The molecule has 1 fully saturated rings. The fraction of sp³-hybridized carbons (Fsp3) is 0.733. The second-order valence-corrected chi connectivity index (χ2v) is 7.62. The number of thiophene rings is 1. The van der Waals surface area contributed by atoms with E-state index in [9.17, 15) is 0 Å². The van der Waals surface area contributed by atoms with Crippen molar-refractivity contribution in [1.29, 1.82) is 0 Å². The van der Waals surface area contributed by atoms with E-state index in [2.05, 4.69) is 42.6 Å². The number of hydrogen-bond donors (Lipinski definition) is 1. The summed E-state index contributed by atoms with van der Waals surface area (Å²) in [5.74, 6) is 1.23. The first-order chi connectivity index (χ1) is 9.22. The molecule has 1 unspecified atom stereocenters. The van der Waals surface area contributed by atoms with Gasteiger partial charge in [0.05, 0.1) is 0 Å². The van der Waals surface area contributed by atoms with E-state index < -0.39 is 0 Å². The van der Waals surface area contributed by atoms with E-state index >= 15 is 0 Å². The standard InChI is InChI=1S/C15H26N2S2/c1-4-13(11-18-3)17(2)10-15-8-7-14(19-15)9-16-12-5-6-12/h7-8,12-13,16H,4-6,9-11H2,1-3H3. The van der Waals surface area contributed by atoms with Crippen molar-refractivity contribution in [1.82, 2.24) is 10.2 Å². The van der Waals surface area contributed by atoms with Gasteiger partial charge in [0.15, 0.2) is 0 Å². The van der Waals surface area contributed by atoms with Crippen LogP contribution in [0.1, 0.15) is 35.9 Å². The van der Waals surface area contributed by atoms with Gasteiger partial charge in [-0.3, -0.25) is 4.90 Å². The van der Waals surface area contributed by atoms with Crippen LogP contribution in [0, 0.1) is 0 Å². The van der Waals surface area contributed by atoms with Crippen LogP contribution in [0.15, 0.2) is 12.1 Å². The lowest BCUT2D eigenvalue weighted by Crippen LogP contribution is -2.32. The Morgan fingerprint density at radius 3 is 2.79 bits per heavy atom. The highest BCUT2D eigenvalue weighted by atomic mass is 32.2. The monoisotopic (exact) mass is 298 g/mol. The van der Waals surface area contributed by atoms with Gasteiger partial charge in [-0.1, -0.05) is 6.92 Å². The molecule has 0 bridgehead atoms. The molecule has 0 radical (unpaired) electrons. The highest BCUT2D eigenvalue weighted by Gasteiger charge is 2.20. The van der Waals surface area contributed by atoms with Gasteiger partial charge in [0, 0.05) is 40.7 Å². The van der Waals surface area contributed by atoms with Crippen LogP contribution in [0.25, 0.3) is 0 Å². The van der Waals surface area contributed by atoms with Crippen LogP contribution < -0.4 is 5.32 Å². The predicted octanol–water partition coefficient (Wildman–Crippen LogP) is 3.57. The molecule has 1 aromatic heterocycles. The summed E-state index contributed by atoms with van der Waals surface area (Å²) in [7, 11) is 2.26. The molecule has 1 atom stereocenters. The van der Waals surface area contributed by atoms with Crippen LogP contribution in [0.4, 0.5) is 0 Å². The van der Waals surface area contributed by atoms with E-state index in [0.717, 1.165) is 19.1 Å². The van der Waals surface area contributed by atoms with Crippen molar-refractivity contribution in [3.63, 3.8) is 0 Å². The Labute approximate surface area is 126 Å². The van der Waals surface area contributed by atoms with E-state index in [4.69, 9.17) is 0 Å². The molecule has 0 amide bonds. The molecule has 0 aliphatic heterocycles. The molecular weight excluding hydrogens is 272 g/mol. The number of thioether (sulfide) groups is 1. The Morgan fingerprint density at radius 2 is 2.16 bits per heavy atom. The van der Waals surface area contributed by atoms with E-state index in [1.807, 2.05) is 23.1 Å². The van der Waals surface area contributed by atoms with Crippen LogP contribution in [-0.4, -0.2) is 36.0 Å². The summed E-state index contributed by atoms with van der Waals surface area (Å²) in [4.78, 5) is 5.48. The minimum Gasteiger partial charge on any atom is -0.309 e. The minimum atomic E-state index is 0.699. The summed E-state index contributed by atoms with van der Waals surface area (Å²) in [5, 5.41) is 3.59. The summed E-state index contributed by atoms with van der Waals surface area (Å²) in [5.41, 5.74) is 0. The van der Waals surface area contributed by atoms with Crippen LogP contribution >= 0.6 is 23.1 Å². The Hall–Kier alpha value is -0.0300. The van der Waals surface area contributed by atoms with E-state index in [-0.39, 0.29) is 0 Å². The lowest BCUT2D eigenvalue weighted by Gasteiger charge is -2.25. The van der Waals surface area contributed by atoms with Crippen molar-refractivity contribution in [3.05, 3.63) is 21.9 Å². The molecule has 2 rings (SSSR count). The zero-order valence-corrected chi connectivity index (χ0v) is 13.9. The molecule has 1 N–H and O–H groups in total. The molecule has 1 heterocycles. The van der Waals surface area contributed by atoms with E-state index in [1.54, 1.807) is 0 Å². The third kappa shape index (κ3) is 5.10. The molecule has 1 aromatic rings. The van der Waals surface area contributed by atoms with Gasteiger partial charge in [0.2, 0.25) is 0 Å². The zero-order valence-electron chi connectivity index (χ0n) is 12.3. The van der Waals surface area contributed by atoms with Gasteiger partial charge in [-0.05, 0) is 44.7 Å². The molecule has 0 saturated heterocycles. The van der Waals surface area contributed by atoms with Crippen molar-refractivity contribution in [2.24, 2.45) is 0 Å². The Morgan fingerprint density at radius 1 is 1.42 bits per heavy atom. The fourth-order valence-electron chi connectivity index (χ4n) is 2.26. The molecule has 1 aliphatic rings. The lowest BCUT2D eigenvalue weighted by atomic mass is 10.2. The molecule has 19 heavy (non-hydrogen) atoms. The second kappa shape index (κ2) is 7.67. The van der Waals surface area contributed by atoms with Gasteiger partial charge in [0.1, 0.15) is 0 Å². The normalized spacial score (nSPS) is 17.1. The summed E-state index contributed by atoms with van der Waals surface area (Å²) >= 11 is 3.91. The Bertz CT molecular complexity index is 374. The number of hydrogen-bond acceptors (Lipinski definition) is 4. The minimum absolute atomic E-state index is 0.699. The number of nitrogens with zero attached hydrogens (tertiary/aromatic N) is 1. The van der Waals surface area contributed by atoms with Gasteiger partial charge < -0.3 is 5.32 Å². The maximum Gasteiger partial charge on any atom is 0.0328 e. The summed E-state index contributed by atoms with van der Waals surface area (Å²) in [6.07, 6.45) is 6.17. The summed E-state index contributed by atoms with van der Waals surface area (Å²) in [6.45, 7) is 4.44. The van der Waals surface area contributed by atoms with Gasteiger partial charge in [0.25, 0.3) is 0 Å². The molecule has 0 aromatic carbocycles. The molecule has 1 saturated carbocycles. The molecular formula is C15H26N2S2. The number of nitrogens with one attached hydrogen (secondary N) is 1. The molecule has 108 valence electrons. The third-order valence-corrected chi connectivity index (χ3v) is 5.51. The maximum atomic E-state index is 3.59. The third-order valence-electron chi connectivity index (χ3n) is 3.72. The summed E-state index contributed by atoms with van der Waals surface area (Å²) in [6, 6.07) is 6.10. The van der Waals surface area contributed by atoms with Crippen molar-refractivity contribution < 1.29 is 0 Å². The quantitative estimate of drug-likeness (QED) is 0.750. The average molecular weight is 299 g/mol.